The third-order valence-electron chi connectivity index (χ3n) is 2.21. The van der Waals surface area contributed by atoms with Gasteiger partial charge in [0.1, 0.15) is 3.70 Å². The number of halogens is 2. The molecule has 0 radical (unpaired) electrons. The van der Waals surface area contributed by atoms with Crippen LogP contribution < -0.4 is 0 Å². The molecule has 0 atom stereocenters. The smallest absolute Gasteiger partial charge is 0.137 e. The van der Waals surface area contributed by atoms with Crippen molar-refractivity contribution < 1.29 is 4.74 Å². The van der Waals surface area contributed by atoms with Crippen molar-refractivity contribution in [1.29, 1.82) is 0 Å². The lowest BCUT2D eigenvalue weighted by molar-refractivity contribution is 0.0661. The second-order valence-electron chi connectivity index (χ2n) is 3.09. The predicted octanol–water partition coefficient (Wildman–Crippen LogP) is 2.60. The predicted molar refractivity (Wildman–Crippen MR) is 61.7 cm³/mol. The number of ether oxygens (including phenoxy) is 1. The number of aromatic nitrogens is 2. The zero-order chi connectivity index (χ0) is 9.26. The molecule has 72 valence electrons. The van der Waals surface area contributed by atoms with Crippen molar-refractivity contribution in [3.8, 4) is 0 Å². The van der Waals surface area contributed by atoms with Gasteiger partial charge in [0.05, 0.1) is 10.5 Å². The maximum Gasteiger partial charge on any atom is 0.137 e. The summed E-state index contributed by atoms with van der Waals surface area (Å²) in [6, 6.07) is 0.522. The summed E-state index contributed by atoms with van der Waals surface area (Å²) in [7, 11) is 0. The van der Waals surface area contributed by atoms with Gasteiger partial charge in [-0.2, -0.15) is 5.10 Å². The summed E-state index contributed by atoms with van der Waals surface area (Å²) < 4.78 is 9.47. The first-order valence-corrected chi connectivity index (χ1v) is 6.12. The second-order valence-corrected chi connectivity index (χ2v) is 4.97. The first kappa shape index (κ1) is 9.92. The summed E-state index contributed by atoms with van der Waals surface area (Å²) in [5.74, 6) is 0. The van der Waals surface area contributed by atoms with E-state index in [0.717, 1.165) is 34.2 Å². The van der Waals surface area contributed by atoms with E-state index >= 15 is 0 Å². The molecule has 1 aliphatic rings. The lowest BCUT2D eigenvalue weighted by Crippen LogP contribution is -2.19. The molecule has 0 unspecified atom stereocenters. The lowest BCUT2D eigenvalue weighted by atomic mass is 10.1. The van der Waals surface area contributed by atoms with Crippen LogP contribution in [0, 0.1) is 3.70 Å². The summed E-state index contributed by atoms with van der Waals surface area (Å²) in [5, 5.41) is 4.43. The fourth-order valence-corrected chi connectivity index (χ4v) is 2.16. The minimum absolute atomic E-state index is 0.522. The summed E-state index contributed by atoms with van der Waals surface area (Å²) >= 11 is 5.69. The molecule has 2 heterocycles. The van der Waals surface area contributed by atoms with Crippen molar-refractivity contribution >= 4 is 38.5 Å². The molecule has 0 aromatic carbocycles. The van der Waals surface area contributed by atoms with E-state index in [2.05, 4.69) is 49.8 Å². The highest BCUT2D eigenvalue weighted by Gasteiger charge is 2.17. The molecule has 1 aliphatic heterocycles. The van der Waals surface area contributed by atoms with E-state index in [1.54, 1.807) is 0 Å². The highest BCUT2D eigenvalue weighted by molar-refractivity contribution is 14.1. The highest BCUT2D eigenvalue weighted by atomic mass is 127. The van der Waals surface area contributed by atoms with Gasteiger partial charge in [0.25, 0.3) is 0 Å². The minimum Gasteiger partial charge on any atom is -0.381 e. The third-order valence-corrected chi connectivity index (χ3v) is 4.33. The molecule has 1 fully saturated rings. The van der Waals surface area contributed by atoms with Gasteiger partial charge >= 0.3 is 0 Å². The van der Waals surface area contributed by atoms with Crippen molar-refractivity contribution in [3.05, 3.63) is 14.4 Å². The van der Waals surface area contributed by atoms with Gasteiger partial charge < -0.3 is 4.74 Å². The normalized spacial score (nSPS) is 19.2. The zero-order valence-corrected chi connectivity index (χ0v) is 10.8. The van der Waals surface area contributed by atoms with E-state index in [-0.39, 0.29) is 0 Å². The fourth-order valence-electron chi connectivity index (χ4n) is 1.48. The standard InChI is InChI=1S/C8H10BrIN2O/c9-7-5-12(11-8(7)10)6-1-3-13-4-2-6/h5-6H,1-4H2. The van der Waals surface area contributed by atoms with Crippen LogP contribution in [0.15, 0.2) is 10.7 Å². The average Bonchev–Trinajstić information content (AvgIpc) is 2.49. The molecule has 1 aromatic rings. The summed E-state index contributed by atoms with van der Waals surface area (Å²) in [6.45, 7) is 1.72. The first-order chi connectivity index (χ1) is 6.27. The Morgan fingerprint density at radius 1 is 1.54 bits per heavy atom. The van der Waals surface area contributed by atoms with Crippen LogP contribution >= 0.6 is 38.5 Å². The van der Waals surface area contributed by atoms with E-state index < -0.39 is 0 Å². The maximum absolute atomic E-state index is 5.30. The SMILES string of the molecule is Brc1cn(C2CCOCC2)nc1I. The molecule has 13 heavy (non-hydrogen) atoms. The van der Waals surface area contributed by atoms with Gasteiger partial charge in [-0.25, -0.2) is 0 Å². The van der Waals surface area contributed by atoms with Gasteiger partial charge in [0.15, 0.2) is 0 Å². The van der Waals surface area contributed by atoms with Gasteiger partial charge in [0.2, 0.25) is 0 Å². The number of nitrogens with zero attached hydrogens (tertiary/aromatic N) is 2. The largest absolute Gasteiger partial charge is 0.381 e. The van der Waals surface area contributed by atoms with Crippen LogP contribution in [0.4, 0.5) is 0 Å². The van der Waals surface area contributed by atoms with Crippen LogP contribution in [0.1, 0.15) is 18.9 Å². The molecule has 0 N–H and O–H groups in total. The molecule has 0 bridgehead atoms. The van der Waals surface area contributed by atoms with Crippen LogP contribution in [0.3, 0.4) is 0 Å². The monoisotopic (exact) mass is 356 g/mol. The fraction of sp³-hybridized carbons (Fsp3) is 0.625. The van der Waals surface area contributed by atoms with Crippen LogP contribution in [0.2, 0.25) is 0 Å². The second kappa shape index (κ2) is 4.27. The highest BCUT2D eigenvalue weighted by Crippen LogP contribution is 2.24. The van der Waals surface area contributed by atoms with E-state index in [9.17, 15) is 0 Å². The van der Waals surface area contributed by atoms with Crippen molar-refractivity contribution in [1.82, 2.24) is 9.78 Å². The molecule has 1 saturated heterocycles. The van der Waals surface area contributed by atoms with Crippen LogP contribution in [-0.4, -0.2) is 23.0 Å². The van der Waals surface area contributed by atoms with Crippen molar-refractivity contribution in [2.45, 2.75) is 18.9 Å². The maximum atomic E-state index is 5.30. The van der Waals surface area contributed by atoms with Gasteiger partial charge in [-0.3, -0.25) is 4.68 Å². The Hall–Kier alpha value is 0.380. The Morgan fingerprint density at radius 2 is 2.23 bits per heavy atom. The summed E-state index contributed by atoms with van der Waals surface area (Å²) in [4.78, 5) is 0. The van der Waals surface area contributed by atoms with Crippen molar-refractivity contribution in [2.24, 2.45) is 0 Å². The Labute approximate surface area is 99.1 Å². The molecule has 1 aromatic heterocycles. The molecule has 3 nitrogen and oxygen atoms in total. The van der Waals surface area contributed by atoms with Crippen LogP contribution in [0.25, 0.3) is 0 Å². The van der Waals surface area contributed by atoms with Crippen molar-refractivity contribution in [3.63, 3.8) is 0 Å². The van der Waals surface area contributed by atoms with Crippen molar-refractivity contribution in [2.75, 3.05) is 13.2 Å². The summed E-state index contributed by atoms with van der Waals surface area (Å²) in [6.07, 6.45) is 4.20. The third kappa shape index (κ3) is 2.24. The number of hydrogen-bond acceptors (Lipinski definition) is 2. The number of hydrogen-bond donors (Lipinski definition) is 0. The van der Waals surface area contributed by atoms with E-state index in [1.807, 2.05) is 4.68 Å². The lowest BCUT2D eigenvalue weighted by Gasteiger charge is -2.22. The minimum atomic E-state index is 0.522. The molecular weight excluding hydrogens is 347 g/mol. The quantitative estimate of drug-likeness (QED) is 0.723. The Bertz CT molecular complexity index is 277. The average molecular weight is 357 g/mol. The van der Waals surface area contributed by atoms with Gasteiger partial charge in [-0.15, -0.1) is 0 Å². The van der Waals surface area contributed by atoms with E-state index in [1.165, 1.54) is 0 Å². The Kier molecular flexibility index (Phi) is 3.26. The van der Waals surface area contributed by atoms with Gasteiger partial charge in [-0.1, -0.05) is 0 Å². The van der Waals surface area contributed by atoms with E-state index in [4.69, 9.17) is 4.74 Å². The number of rotatable bonds is 1. The first-order valence-electron chi connectivity index (χ1n) is 4.25. The molecule has 2 rings (SSSR count). The Balaban J connectivity index is 2.14. The molecule has 0 amide bonds. The van der Waals surface area contributed by atoms with Crippen LogP contribution in [0.5, 0.6) is 0 Å². The molecular formula is C8H10BrIN2O. The Morgan fingerprint density at radius 3 is 2.77 bits per heavy atom. The topological polar surface area (TPSA) is 27.1 Å². The molecule has 5 heteroatoms. The van der Waals surface area contributed by atoms with Gasteiger partial charge in [0, 0.05) is 19.4 Å². The molecule has 0 saturated carbocycles. The molecule has 0 spiro atoms. The van der Waals surface area contributed by atoms with E-state index in [0.29, 0.717) is 6.04 Å². The van der Waals surface area contributed by atoms with Crippen LogP contribution in [-0.2, 0) is 4.74 Å². The molecule has 0 aliphatic carbocycles. The zero-order valence-electron chi connectivity index (χ0n) is 7.04. The summed E-state index contributed by atoms with van der Waals surface area (Å²) in [5.41, 5.74) is 0. The van der Waals surface area contributed by atoms with Gasteiger partial charge in [-0.05, 0) is 51.4 Å².